The molecule has 0 aromatic carbocycles. The molecular formula is C13H21N5OY-2. The molecule has 1 radical (unpaired) electrons. The number of anilines is 2. The predicted octanol–water partition coefficient (Wildman–Crippen LogP) is 1.27. The number of Topliss-reactive ketones (excluding diaryl/α,β-unsaturated/α-hetero) is 1. The van der Waals surface area contributed by atoms with Gasteiger partial charge in [0.05, 0.1) is 5.56 Å². The maximum Gasteiger partial charge on any atom is 0.222 e. The molecule has 0 amide bonds. The second kappa shape index (κ2) is 9.37. The van der Waals surface area contributed by atoms with Gasteiger partial charge in [0.2, 0.25) is 5.95 Å². The first kappa shape index (κ1) is 19.4. The van der Waals surface area contributed by atoms with Gasteiger partial charge in [-0.2, -0.15) is 11.4 Å². The van der Waals surface area contributed by atoms with E-state index in [1.165, 1.54) is 13.1 Å². The molecule has 7 heteroatoms. The SMILES string of the molecule is [CH2-]C[C@H](N)[C@@H]([CH2-])Nc1ncc(C(C)=O)c(NCC)n1.[Y]. The van der Waals surface area contributed by atoms with E-state index < -0.39 is 0 Å². The first-order valence-electron chi connectivity index (χ1n) is 6.25. The molecule has 0 bridgehead atoms. The van der Waals surface area contributed by atoms with Gasteiger partial charge in [0, 0.05) is 45.5 Å². The number of carbonyl (C=O) groups is 1. The van der Waals surface area contributed by atoms with Gasteiger partial charge in [-0.1, -0.05) is 6.04 Å². The molecule has 0 unspecified atom stereocenters. The summed E-state index contributed by atoms with van der Waals surface area (Å²) in [6, 6.07) is -0.422. The zero-order valence-corrected chi connectivity index (χ0v) is 14.9. The van der Waals surface area contributed by atoms with E-state index in [0.29, 0.717) is 30.3 Å². The van der Waals surface area contributed by atoms with E-state index in [1.54, 1.807) is 0 Å². The second-order valence-electron chi connectivity index (χ2n) is 4.25. The number of nitrogens with two attached hydrogens (primary N) is 1. The Morgan fingerprint density at radius 2 is 2.20 bits per heavy atom. The van der Waals surface area contributed by atoms with E-state index >= 15 is 0 Å². The maximum absolute atomic E-state index is 11.4. The average molecular weight is 352 g/mol. The third-order valence-corrected chi connectivity index (χ3v) is 2.68. The molecule has 0 aliphatic heterocycles. The van der Waals surface area contributed by atoms with Crippen LogP contribution in [0.2, 0.25) is 0 Å². The zero-order valence-electron chi connectivity index (χ0n) is 12.0. The summed E-state index contributed by atoms with van der Waals surface area (Å²) in [6.07, 6.45) is 2.06. The van der Waals surface area contributed by atoms with Crippen molar-refractivity contribution >= 4 is 17.5 Å². The molecule has 1 aromatic heterocycles. The minimum Gasteiger partial charge on any atom is -0.380 e. The molecule has 1 rings (SSSR count). The number of aromatic nitrogens is 2. The Bertz CT molecular complexity index is 441. The molecule has 1 aromatic rings. The van der Waals surface area contributed by atoms with Crippen molar-refractivity contribution in [3.05, 3.63) is 25.6 Å². The number of ketones is 1. The normalized spacial score (nSPS) is 13.1. The standard InChI is InChI=1S/C13H21N5O.Y/c1-5-11(14)8(3)17-13-16-7-10(9(4)19)12(18-13)15-6-2;/h7-8,11H,1,3,5-6,14H2,2,4H3,(H2,15,16,17,18);/q-2;/t8-,11+;/m1./s1. The molecule has 0 saturated carbocycles. The number of nitrogens with zero attached hydrogens (tertiary/aromatic N) is 2. The van der Waals surface area contributed by atoms with Crippen LogP contribution < -0.4 is 16.4 Å². The van der Waals surface area contributed by atoms with E-state index in [-0.39, 0.29) is 50.6 Å². The molecule has 6 nitrogen and oxygen atoms in total. The van der Waals surface area contributed by atoms with Crippen molar-refractivity contribution in [1.82, 2.24) is 9.97 Å². The van der Waals surface area contributed by atoms with Crippen LogP contribution in [0.4, 0.5) is 11.8 Å². The number of carbonyl (C=O) groups excluding carboxylic acids is 1. The fraction of sp³-hybridized carbons (Fsp3) is 0.462. The minimum absolute atomic E-state index is 0. The largest absolute Gasteiger partial charge is 0.380 e. The summed E-state index contributed by atoms with van der Waals surface area (Å²) < 4.78 is 0. The van der Waals surface area contributed by atoms with E-state index in [9.17, 15) is 4.79 Å². The van der Waals surface area contributed by atoms with Crippen molar-refractivity contribution in [2.24, 2.45) is 5.73 Å². The number of hydrogen-bond donors (Lipinski definition) is 3. The van der Waals surface area contributed by atoms with E-state index in [4.69, 9.17) is 5.73 Å². The molecule has 109 valence electrons. The van der Waals surface area contributed by atoms with E-state index in [2.05, 4.69) is 34.4 Å². The van der Waals surface area contributed by atoms with Crippen molar-refractivity contribution in [2.45, 2.75) is 32.4 Å². The van der Waals surface area contributed by atoms with Crippen LogP contribution in [0.1, 0.15) is 30.6 Å². The van der Waals surface area contributed by atoms with Crippen LogP contribution in [0, 0.1) is 13.8 Å². The molecule has 0 spiro atoms. The average Bonchev–Trinajstić information content (AvgIpc) is 2.38. The van der Waals surface area contributed by atoms with Crippen molar-refractivity contribution in [2.75, 3.05) is 17.2 Å². The van der Waals surface area contributed by atoms with Crippen LogP contribution in [-0.2, 0) is 32.7 Å². The molecule has 0 aliphatic carbocycles. The van der Waals surface area contributed by atoms with Crippen LogP contribution in [0.5, 0.6) is 0 Å². The van der Waals surface area contributed by atoms with Gasteiger partial charge in [0.1, 0.15) is 5.82 Å². The maximum atomic E-state index is 11.4. The Hall–Kier alpha value is -0.586. The molecule has 0 aliphatic rings. The predicted molar refractivity (Wildman–Crippen MR) is 76.9 cm³/mol. The van der Waals surface area contributed by atoms with Crippen LogP contribution in [0.3, 0.4) is 0 Å². The summed E-state index contributed by atoms with van der Waals surface area (Å²) in [5.41, 5.74) is 6.29. The smallest absolute Gasteiger partial charge is 0.222 e. The van der Waals surface area contributed by atoms with E-state index in [1.807, 2.05) is 6.92 Å². The van der Waals surface area contributed by atoms with Crippen LogP contribution >= 0.6 is 0 Å². The zero-order chi connectivity index (χ0) is 14.4. The van der Waals surface area contributed by atoms with Crippen molar-refractivity contribution in [1.29, 1.82) is 0 Å². The fourth-order valence-electron chi connectivity index (χ4n) is 1.49. The van der Waals surface area contributed by atoms with Gasteiger partial charge in [-0.15, -0.1) is 0 Å². The Balaban J connectivity index is 0.00000361. The molecule has 2 atom stereocenters. The number of nitrogens with one attached hydrogen (secondary N) is 2. The summed E-state index contributed by atoms with van der Waals surface area (Å²) in [5, 5.41) is 6.05. The van der Waals surface area contributed by atoms with Gasteiger partial charge in [0.25, 0.3) is 0 Å². The summed E-state index contributed by atoms with van der Waals surface area (Å²) in [4.78, 5) is 19.8. The Kier molecular flexibility index (Phi) is 9.09. The molecule has 0 fully saturated rings. The first-order chi connectivity index (χ1) is 8.99. The van der Waals surface area contributed by atoms with Gasteiger partial charge < -0.3 is 30.2 Å². The first-order valence-corrected chi connectivity index (χ1v) is 6.25. The summed E-state index contributed by atoms with van der Waals surface area (Å²) in [5.74, 6) is 0.830. The molecule has 1 heterocycles. The Morgan fingerprint density at radius 3 is 2.70 bits per heavy atom. The molecule has 20 heavy (non-hydrogen) atoms. The van der Waals surface area contributed by atoms with Crippen LogP contribution in [-0.4, -0.2) is 34.4 Å². The van der Waals surface area contributed by atoms with Crippen molar-refractivity contribution in [3.63, 3.8) is 0 Å². The summed E-state index contributed by atoms with van der Waals surface area (Å²) in [6.45, 7) is 11.7. The van der Waals surface area contributed by atoms with Gasteiger partial charge in [-0.3, -0.25) is 4.79 Å². The Morgan fingerprint density at radius 1 is 1.55 bits per heavy atom. The topological polar surface area (TPSA) is 92.9 Å². The van der Waals surface area contributed by atoms with Gasteiger partial charge in [-0.25, -0.2) is 4.98 Å². The molecular weight excluding hydrogens is 331 g/mol. The molecule has 4 N–H and O–H groups in total. The van der Waals surface area contributed by atoms with Crippen LogP contribution in [0.15, 0.2) is 6.20 Å². The van der Waals surface area contributed by atoms with Crippen molar-refractivity contribution in [3.8, 4) is 0 Å². The van der Waals surface area contributed by atoms with E-state index in [0.717, 1.165) is 0 Å². The Labute approximate surface area is 145 Å². The third kappa shape index (κ3) is 5.42. The van der Waals surface area contributed by atoms with Crippen molar-refractivity contribution < 1.29 is 37.5 Å². The van der Waals surface area contributed by atoms with Gasteiger partial charge >= 0.3 is 0 Å². The summed E-state index contributed by atoms with van der Waals surface area (Å²) in [7, 11) is 0. The van der Waals surface area contributed by atoms with Gasteiger partial charge in [-0.05, 0) is 19.9 Å². The number of rotatable bonds is 7. The fourth-order valence-corrected chi connectivity index (χ4v) is 1.49. The van der Waals surface area contributed by atoms with Crippen LogP contribution in [0.25, 0.3) is 0 Å². The molecule has 0 saturated heterocycles. The second-order valence-corrected chi connectivity index (χ2v) is 4.25. The van der Waals surface area contributed by atoms with Gasteiger partial charge in [0.15, 0.2) is 5.78 Å². The summed E-state index contributed by atoms with van der Waals surface area (Å²) >= 11 is 0. The number of hydrogen-bond acceptors (Lipinski definition) is 6. The monoisotopic (exact) mass is 352 g/mol. The third-order valence-electron chi connectivity index (χ3n) is 2.68. The minimum atomic E-state index is -0.241. The quantitative estimate of drug-likeness (QED) is 0.506.